The monoisotopic (exact) mass is 419 g/mol. The zero-order valence-corrected chi connectivity index (χ0v) is 17.7. The van der Waals surface area contributed by atoms with Crippen LogP contribution >= 0.6 is 11.6 Å². The first-order valence-corrected chi connectivity index (χ1v) is 10.3. The minimum atomic E-state index is -0.0846. The smallest absolute Gasteiger partial charge is 0.160 e. The van der Waals surface area contributed by atoms with Crippen LogP contribution in [0, 0.1) is 0 Å². The van der Waals surface area contributed by atoms with Crippen molar-refractivity contribution in [3.05, 3.63) is 81.9 Å². The van der Waals surface area contributed by atoms with Gasteiger partial charge in [0.25, 0.3) is 0 Å². The minimum Gasteiger partial charge on any atom is -0.309 e. The lowest BCUT2D eigenvalue weighted by molar-refractivity contribution is 0.0980. The fourth-order valence-corrected chi connectivity index (χ4v) is 4.22. The topological polar surface area (TPSA) is 72.0 Å². The number of fused-ring (bicyclic) bond motifs is 1. The molecule has 0 saturated heterocycles. The van der Waals surface area contributed by atoms with Gasteiger partial charge in [-0.2, -0.15) is 0 Å². The van der Waals surface area contributed by atoms with Crippen molar-refractivity contribution in [3.8, 4) is 11.1 Å². The third-order valence-electron chi connectivity index (χ3n) is 5.57. The molecule has 5 nitrogen and oxygen atoms in total. The van der Waals surface area contributed by atoms with Crippen LogP contribution in [0.2, 0.25) is 5.15 Å². The highest BCUT2D eigenvalue weighted by Gasteiger charge is 2.24. The van der Waals surface area contributed by atoms with E-state index in [0.717, 1.165) is 47.2 Å². The first kappa shape index (κ1) is 20.4. The normalized spacial score (nSPS) is 15.5. The van der Waals surface area contributed by atoms with Crippen molar-refractivity contribution < 1.29 is 9.59 Å². The van der Waals surface area contributed by atoms with E-state index in [0.29, 0.717) is 16.3 Å². The summed E-state index contributed by atoms with van der Waals surface area (Å²) in [4.78, 5) is 32.2. The summed E-state index contributed by atoms with van der Waals surface area (Å²) in [6.45, 7) is 3.86. The van der Waals surface area contributed by atoms with Crippen LogP contribution in [0.5, 0.6) is 0 Å². The van der Waals surface area contributed by atoms with E-state index < -0.39 is 0 Å². The molecule has 0 radical (unpaired) electrons. The van der Waals surface area contributed by atoms with Gasteiger partial charge in [0.2, 0.25) is 0 Å². The molecule has 1 aliphatic heterocycles. The highest BCUT2D eigenvalue weighted by atomic mass is 35.5. The van der Waals surface area contributed by atoms with Gasteiger partial charge in [-0.25, -0.2) is 9.97 Å². The maximum Gasteiger partial charge on any atom is 0.160 e. The van der Waals surface area contributed by atoms with E-state index in [4.69, 9.17) is 11.6 Å². The van der Waals surface area contributed by atoms with Crippen molar-refractivity contribution in [2.24, 2.45) is 0 Å². The Balaban J connectivity index is 1.63. The average molecular weight is 420 g/mol. The number of nitrogens with zero attached hydrogens (tertiary/aromatic N) is 2. The summed E-state index contributed by atoms with van der Waals surface area (Å²) in [5.41, 5.74) is 6.19. The summed E-state index contributed by atoms with van der Waals surface area (Å²) in [6.07, 6.45) is 4.76. The quantitative estimate of drug-likeness (QED) is 0.482. The Morgan fingerprint density at radius 2 is 1.80 bits per heavy atom. The molecule has 1 N–H and O–H groups in total. The number of Topliss-reactive ketones (excluding diaryl/α,β-unsaturated/α-hetero) is 2. The molecule has 1 unspecified atom stereocenters. The maximum atomic E-state index is 12.1. The van der Waals surface area contributed by atoms with Gasteiger partial charge in [0.1, 0.15) is 11.5 Å². The second-order valence-electron chi connectivity index (χ2n) is 7.59. The zero-order chi connectivity index (χ0) is 21.3. The van der Waals surface area contributed by atoms with Crippen molar-refractivity contribution in [2.75, 3.05) is 6.54 Å². The molecule has 1 atom stereocenters. The fourth-order valence-electron chi connectivity index (χ4n) is 4.02. The third kappa shape index (κ3) is 4.04. The van der Waals surface area contributed by atoms with Crippen LogP contribution in [0.3, 0.4) is 0 Å². The molecule has 6 heteroatoms. The molecule has 1 aromatic heterocycles. The molecule has 30 heavy (non-hydrogen) atoms. The largest absolute Gasteiger partial charge is 0.309 e. The van der Waals surface area contributed by atoms with Crippen molar-refractivity contribution >= 4 is 23.2 Å². The van der Waals surface area contributed by atoms with E-state index in [1.807, 2.05) is 24.3 Å². The Hall–Kier alpha value is -2.89. The number of aromatic nitrogens is 2. The molecule has 1 aliphatic rings. The number of carbonyl (C=O) groups excluding carboxylic acids is 2. The van der Waals surface area contributed by atoms with Gasteiger partial charge in [0.15, 0.2) is 11.6 Å². The summed E-state index contributed by atoms with van der Waals surface area (Å²) >= 11 is 6.17. The van der Waals surface area contributed by atoms with E-state index in [1.54, 1.807) is 6.20 Å². The van der Waals surface area contributed by atoms with Gasteiger partial charge in [0, 0.05) is 28.9 Å². The van der Waals surface area contributed by atoms with Gasteiger partial charge in [-0.3, -0.25) is 9.59 Å². The first-order valence-electron chi connectivity index (χ1n) is 9.91. The van der Waals surface area contributed by atoms with Crippen LogP contribution in [0.4, 0.5) is 0 Å². The van der Waals surface area contributed by atoms with Crippen molar-refractivity contribution in [3.63, 3.8) is 0 Å². The predicted molar refractivity (Wildman–Crippen MR) is 117 cm³/mol. The number of rotatable bonds is 5. The molecule has 0 spiro atoms. The maximum absolute atomic E-state index is 12.1. The van der Waals surface area contributed by atoms with Crippen molar-refractivity contribution in [2.45, 2.75) is 32.7 Å². The fraction of sp³-hybridized carbons (Fsp3) is 0.250. The van der Waals surface area contributed by atoms with Crippen LogP contribution in [0.25, 0.3) is 11.1 Å². The van der Waals surface area contributed by atoms with Gasteiger partial charge in [-0.1, -0.05) is 35.9 Å². The Kier molecular flexibility index (Phi) is 5.75. The van der Waals surface area contributed by atoms with Crippen LogP contribution in [0.15, 0.2) is 48.9 Å². The Labute approximate surface area is 180 Å². The summed E-state index contributed by atoms with van der Waals surface area (Å²) in [5, 5.41) is 3.99. The number of nitrogens with one attached hydrogen (secondary N) is 1. The molecule has 0 amide bonds. The van der Waals surface area contributed by atoms with E-state index >= 15 is 0 Å². The number of ketones is 2. The van der Waals surface area contributed by atoms with Gasteiger partial charge in [-0.15, -0.1) is 0 Å². The van der Waals surface area contributed by atoms with Crippen LogP contribution in [-0.2, 0) is 12.8 Å². The highest BCUT2D eigenvalue weighted by molar-refractivity contribution is 6.32. The molecular formula is C24H22ClN3O2. The number of benzene rings is 2. The van der Waals surface area contributed by atoms with Gasteiger partial charge in [-0.05, 0) is 67.6 Å². The van der Waals surface area contributed by atoms with E-state index in [1.165, 1.54) is 20.2 Å². The highest BCUT2D eigenvalue weighted by Crippen LogP contribution is 2.31. The van der Waals surface area contributed by atoms with E-state index in [2.05, 4.69) is 27.4 Å². The summed E-state index contributed by atoms with van der Waals surface area (Å²) < 4.78 is 0. The summed E-state index contributed by atoms with van der Waals surface area (Å²) in [7, 11) is 0. The molecule has 0 saturated carbocycles. The molecule has 2 heterocycles. The second-order valence-corrected chi connectivity index (χ2v) is 7.95. The average Bonchev–Trinajstić information content (AvgIpc) is 2.74. The van der Waals surface area contributed by atoms with Gasteiger partial charge >= 0.3 is 0 Å². The Bertz CT molecular complexity index is 1130. The number of hydrogen-bond donors (Lipinski definition) is 1. The lowest BCUT2D eigenvalue weighted by Crippen LogP contribution is -2.32. The van der Waals surface area contributed by atoms with Gasteiger partial charge < -0.3 is 5.32 Å². The number of carbonyl (C=O) groups is 2. The van der Waals surface area contributed by atoms with E-state index in [-0.39, 0.29) is 17.6 Å². The lowest BCUT2D eigenvalue weighted by Gasteiger charge is -2.28. The molecule has 4 rings (SSSR count). The molecule has 0 bridgehead atoms. The predicted octanol–water partition coefficient (Wildman–Crippen LogP) is 4.63. The Morgan fingerprint density at radius 3 is 2.47 bits per heavy atom. The standard InChI is InChI=1S/C24H22ClN3O2/c1-14(29)19-10-18-7-8-27-23(21(18)11-20(19)15(2)30)9-16-3-5-17(6-4-16)22-12-26-13-28-24(22)25/h3-6,10-13,23,27H,7-9H2,1-2H3. The van der Waals surface area contributed by atoms with Crippen molar-refractivity contribution in [1.82, 2.24) is 15.3 Å². The SMILES string of the molecule is CC(=O)c1cc2c(cc1C(C)=O)C(Cc1ccc(-c3cncnc3Cl)cc1)NCC2. The summed E-state index contributed by atoms with van der Waals surface area (Å²) in [6, 6.07) is 12.1. The summed E-state index contributed by atoms with van der Waals surface area (Å²) in [5.74, 6) is -0.157. The molecule has 0 fully saturated rings. The molecular weight excluding hydrogens is 398 g/mol. The zero-order valence-electron chi connectivity index (χ0n) is 16.9. The lowest BCUT2D eigenvalue weighted by atomic mass is 9.85. The first-order chi connectivity index (χ1) is 14.4. The van der Waals surface area contributed by atoms with E-state index in [9.17, 15) is 9.59 Å². The minimum absolute atomic E-state index is 0.0720. The number of halogens is 1. The van der Waals surface area contributed by atoms with Crippen LogP contribution in [-0.4, -0.2) is 28.1 Å². The molecule has 0 aliphatic carbocycles. The molecule has 2 aromatic carbocycles. The van der Waals surface area contributed by atoms with Crippen LogP contribution < -0.4 is 5.32 Å². The number of hydrogen-bond acceptors (Lipinski definition) is 5. The third-order valence-corrected chi connectivity index (χ3v) is 5.87. The Morgan fingerprint density at radius 1 is 1.10 bits per heavy atom. The molecule has 152 valence electrons. The van der Waals surface area contributed by atoms with Crippen LogP contribution in [0.1, 0.15) is 57.3 Å². The second kappa shape index (κ2) is 8.46. The van der Waals surface area contributed by atoms with Crippen molar-refractivity contribution in [1.29, 1.82) is 0 Å². The van der Waals surface area contributed by atoms with Gasteiger partial charge in [0.05, 0.1) is 0 Å². The molecule has 3 aromatic rings.